The van der Waals surface area contributed by atoms with E-state index in [2.05, 4.69) is 34.0 Å². The van der Waals surface area contributed by atoms with Gasteiger partial charge in [-0.2, -0.15) is 4.98 Å². The van der Waals surface area contributed by atoms with Crippen molar-refractivity contribution in [2.45, 2.75) is 39.5 Å². The lowest BCUT2D eigenvalue weighted by atomic mass is 9.96. The predicted molar refractivity (Wildman–Crippen MR) is 81.1 cm³/mol. The van der Waals surface area contributed by atoms with Crippen molar-refractivity contribution in [1.82, 2.24) is 9.97 Å². The lowest BCUT2D eigenvalue weighted by molar-refractivity contribution is 0.403. The fraction of sp³-hybridized carbons (Fsp3) is 0.714. The number of nitrogens with one attached hydrogen (secondary N) is 1. The van der Waals surface area contributed by atoms with Crippen LogP contribution in [0.5, 0.6) is 0 Å². The molecule has 1 N–H and O–H groups in total. The van der Waals surface area contributed by atoms with Gasteiger partial charge in [0.15, 0.2) is 5.82 Å². The number of anilines is 2. The van der Waals surface area contributed by atoms with Crippen LogP contribution in [-0.2, 0) is 0 Å². The van der Waals surface area contributed by atoms with Gasteiger partial charge in [-0.25, -0.2) is 4.98 Å². The first-order valence-corrected chi connectivity index (χ1v) is 7.63. The highest BCUT2D eigenvalue weighted by Crippen LogP contribution is 2.29. The lowest BCUT2D eigenvalue weighted by Gasteiger charge is -2.33. The van der Waals surface area contributed by atoms with E-state index in [-0.39, 0.29) is 0 Å². The Morgan fingerprint density at radius 3 is 3.05 bits per heavy atom. The van der Waals surface area contributed by atoms with Gasteiger partial charge in [0.2, 0.25) is 5.95 Å². The molecule has 1 fully saturated rings. The van der Waals surface area contributed by atoms with E-state index in [4.69, 9.17) is 11.6 Å². The molecule has 0 aliphatic carbocycles. The maximum absolute atomic E-state index is 6.26. The number of piperidine rings is 1. The molecule has 0 amide bonds. The topological polar surface area (TPSA) is 41.1 Å². The van der Waals surface area contributed by atoms with Crippen molar-refractivity contribution in [3.05, 3.63) is 11.2 Å². The molecule has 0 bridgehead atoms. The minimum atomic E-state index is 0.652. The third kappa shape index (κ3) is 3.72. The van der Waals surface area contributed by atoms with E-state index in [1.54, 1.807) is 6.20 Å². The van der Waals surface area contributed by atoms with Gasteiger partial charge >= 0.3 is 0 Å². The predicted octanol–water partition coefficient (Wildman–Crippen LogP) is 3.58. The number of halogens is 1. The minimum absolute atomic E-state index is 0.652. The Balaban J connectivity index is 2.13. The van der Waals surface area contributed by atoms with E-state index in [1.807, 2.05) is 0 Å². The van der Waals surface area contributed by atoms with E-state index in [1.165, 1.54) is 19.3 Å². The van der Waals surface area contributed by atoms with Gasteiger partial charge in [-0.1, -0.05) is 31.9 Å². The summed E-state index contributed by atoms with van der Waals surface area (Å²) in [5.74, 6) is 2.32. The molecule has 1 aromatic heterocycles. The van der Waals surface area contributed by atoms with Crippen LogP contribution in [-0.4, -0.2) is 29.6 Å². The molecule has 1 aliphatic rings. The Bertz CT molecular complexity index is 410. The first-order valence-electron chi connectivity index (χ1n) is 7.26. The first-order chi connectivity index (χ1) is 9.24. The molecule has 19 heavy (non-hydrogen) atoms. The summed E-state index contributed by atoms with van der Waals surface area (Å²) in [6.45, 7) is 7.36. The average molecular weight is 283 g/mol. The zero-order valence-electron chi connectivity index (χ0n) is 11.8. The van der Waals surface area contributed by atoms with E-state index in [0.717, 1.165) is 37.8 Å². The van der Waals surface area contributed by atoms with Gasteiger partial charge in [0.25, 0.3) is 0 Å². The number of hydrogen-bond acceptors (Lipinski definition) is 4. The number of nitrogens with zero attached hydrogens (tertiary/aromatic N) is 3. The molecular formula is C14H23ClN4. The van der Waals surface area contributed by atoms with Gasteiger partial charge < -0.3 is 10.2 Å². The van der Waals surface area contributed by atoms with Crippen molar-refractivity contribution in [3.8, 4) is 0 Å². The summed E-state index contributed by atoms with van der Waals surface area (Å²) >= 11 is 6.26. The van der Waals surface area contributed by atoms with Gasteiger partial charge in [0.1, 0.15) is 5.02 Å². The molecule has 1 unspecified atom stereocenters. The molecule has 2 rings (SSSR count). The van der Waals surface area contributed by atoms with Crippen molar-refractivity contribution >= 4 is 23.4 Å². The number of hydrogen-bond donors (Lipinski definition) is 1. The number of rotatable bonds is 5. The second-order valence-electron chi connectivity index (χ2n) is 5.15. The summed E-state index contributed by atoms with van der Waals surface area (Å²) in [6, 6.07) is 0. The summed E-state index contributed by atoms with van der Waals surface area (Å²) in [5.41, 5.74) is 0. The van der Waals surface area contributed by atoms with Gasteiger partial charge in [-0.05, 0) is 25.2 Å². The normalized spacial score (nSPS) is 19.5. The molecule has 4 nitrogen and oxygen atoms in total. The fourth-order valence-electron chi connectivity index (χ4n) is 2.49. The molecule has 1 atom stereocenters. The van der Waals surface area contributed by atoms with Crippen LogP contribution in [0.15, 0.2) is 6.20 Å². The van der Waals surface area contributed by atoms with Crippen LogP contribution >= 0.6 is 11.6 Å². The van der Waals surface area contributed by atoms with Gasteiger partial charge in [0, 0.05) is 19.6 Å². The third-order valence-electron chi connectivity index (χ3n) is 3.65. The molecule has 0 spiro atoms. The SMILES string of the molecule is CCCNc1ncc(Cl)c(N2CCCC(CC)C2)n1. The first kappa shape index (κ1) is 14.4. The highest BCUT2D eigenvalue weighted by molar-refractivity contribution is 6.32. The Morgan fingerprint density at radius 1 is 1.47 bits per heavy atom. The Labute approximate surface area is 120 Å². The molecule has 0 saturated carbocycles. The molecular weight excluding hydrogens is 260 g/mol. The fourth-order valence-corrected chi connectivity index (χ4v) is 2.70. The summed E-state index contributed by atoms with van der Waals surface area (Å²) in [6.07, 6.45) is 6.52. The van der Waals surface area contributed by atoms with Crippen molar-refractivity contribution in [2.75, 3.05) is 29.9 Å². The molecule has 106 valence electrons. The van der Waals surface area contributed by atoms with Gasteiger partial charge in [-0.3, -0.25) is 0 Å². The van der Waals surface area contributed by atoms with Crippen LogP contribution in [0, 0.1) is 5.92 Å². The van der Waals surface area contributed by atoms with Crippen molar-refractivity contribution in [2.24, 2.45) is 5.92 Å². The monoisotopic (exact) mass is 282 g/mol. The van der Waals surface area contributed by atoms with E-state index >= 15 is 0 Å². The second-order valence-corrected chi connectivity index (χ2v) is 5.56. The maximum Gasteiger partial charge on any atom is 0.224 e. The minimum Gasteiger partial charge on any atom is -0.355 e. The van der Waals surface area contributed by atoms with Crippen LogP contribution in [0.25, 0.3) is 0 Å². The quantitative estimate of drug-likeness (QED) is 0.896. The summed E-state index contributed by atoms with van der Waals surface area (Å²) < 4.78 is 0. The number of aromatic nitrogens is 2. The lowest BCUT2D eigenvalue weighted by Crippen LogP contribution is -2.36. The highest BCUT2D eigenvalue weighted by atomic mass is 35.5. The van der Waals surface area contributed by atoms with E-state index < -0.39 is 0 Å². The van der Waals surface area contributed by atoms with E-state index in [9.17, 15) is 0 Å². The van der Waals surface area contributed by atoms with Crippen LogP contribution in [0.3, 0.4) is 0 Å². The maximum atomic E-state index is 6.26. The van der Waals surface area contributed by atoms with Crippen LogP contribution in [0.2, 0.25) is 5.02 Å². The molecule has 1 saturated heterocycles. The van der Waals surface area contributed by atoms with E-state index in [0.29, 0.717) is 11.0 Å². The molecule has 0 radical (unpaired) electrons. The summed E-state index contributed by atoms with van der Waals surface area (Å²) in [5, 5.41) is 3.87. The summed E-state index contributed by atoms with van der Waals surface area (Å²) in [4.78, 5) is 11.1. The Hall–Kier alpha value is -1.03. The Morgan fingerprint density at radius 2 is 2.32 bits per heavy atom. The second kappa shape index (κ2) is 6.94. The standard InChI is InChI=1S/C14H23ClN4/c1-3-7-16-14-17-9-12(15)13(18-14)19-8-5-6-11(4-2)10-19/h9,11H,3-8,10H2,1-2H3,(H,16,17,18). The smallest absolute Gasteiger partial charge is 0.224 e. The molecule has 0 aromatic carbocycles. The van der Waals surface area contributed by atoms with Crippen LogP contribution in [0.4, 0.5) is 11.8 Å². The average Bonchev–Trinajstić information content (AvgIpc) is 2.46. The van der Waals surface area contributed by atoms with Crippen LogP contribution in [0.1, 0.15) is 39.5 Å². The largest absolute Gasteiger partial charge is 0.355 e. The third-order valence-corrected chi connectivity index (χ3v) is 3.92. The van der Waals surface area contributed by atoms with Crippen molar-refractivity contribution < 1.29 is 0 Å². The van der Waals surface area contributed by atoms with Crippen LogP contribution < -0.4 is 10.2 Å². The summed E-state index contributed by atoms with van der Waals surface area (Å²) in [7, 11) is 0. The highest BCUT2D eigenvalue weighted by Gasteiger charge is 2.21. The molecule has 1 aromatic rings. The van der Waals surface area contributed by atoms with Crippen molar-refractivity contribution in [3.63, 3.8) is 0 Å². The molecule has 2 heterocycles. The van der Waals surface area contributed by atoms with Gasteiger partial charge in [-0.15, -0.1) is 0 Å². The van der Waals surface area contributed by atoms with Crippen molar-refractivity contribution in [1.29, 1.82) is 0 Å². The zero-order valence-corrected chi connectivity index (χ0v) is 12.6. The Kier molecular flexibility index (Phi) is 5.25. The molecule has 1 aliphatic heterocycles. The zero-order chi connectivity index (χ0) is 13.7. The molecule has 5 heteroatoms. The van der Waals surface area contributed by atoms with Gasteiger partial charge in [0.05, 0.1) is 6.20 Å².